The van der Waals surface area contributed by atoms with Crippen molar-refractivity contribution in [1.82, 2.24) is 0 Å². The van der Waals surface area contributed by atoms with Gasteiger partial charge in [0, 0.05) is 7.11 Å². The van der Waals surface area contributed by atoms with E-state index in [2.05, 4.69) is 6.92 Å². The Morgan fingerprint density at radius 1 is 1.38 bits per heavy atom. The van der Waals surface area contributed by atoms with Crippen LogP contribution < -0.4 is 0 Å². The summed E-state index contributed by atoms with van der Waals surface area (Å²) in [4.78, 5) is 0. The van der Waals surface area contributed by atoms with Gasteiger partial charge in [-0.25, -0.2) is 0 Å². The van der Waals surface area contributed by atoms with E-state index in [1.165, 1.54) is 0 Å². The van der Waals surface area contributed by atoms with E-state index in [9.17, 15) is 0 Å². The zero-order chi connectivity index (χ0) is 13.4. The van der Waals surface area contributed by atoms with E-state index >= 15 is 0 Å². The number of halogens is 4. The first-order chi connectivity index (χ1) is 7.63. The fraction of sp³-hybridized carbons (Fsp3) is 0.750. The van der Waals surface area contributed by atoms with Gasteiger partial charge in [0.2, 0.25) is 0 Å². The van der Waals surface area contributed by atoms with Crippen molar-refractivity contribution in [2.45, 2.75) is 24.5 Å². The van der Waals surface area contributed by atoms with E-state index in [1.54, 1.807) is 13.4 Å². The van der Waals surface area contributed by atoms with Gasteiger partial charge in [0.1, 0.15) is 0 Å². The normalized spacial score (nSPS) is 11.3. The van der Waals surface area contributed by atoms with Crippen molar-refractivity contribution in [2.24, 2.45) is 0 Å². The molecule has 0 amide bonds. The van der Waals surface area contributed by atoms with Crippen LogP contribution in [0.1, 0.15) is 19.8 Å². The van der Waals surface area contributed by atoms with E-state index in [4.69, 9.17) is 49.9 Å². The fourth-order valence-corrected chi connectivity index (χ4v) is 4.19. The minimum atomic E-state index is -1.80. The molecule has 0 heterocycles. The molecule has 97 valence electrons. The quantitative estimate of drug-likeness (QED) is 0.528. The number of rotatable bonds is 5. The average Bonchev–Trinajstić information content (AvgIpc) is 2.27. The molecule has 3 radical (unpaired) electrons. The van der Waals surface area contributed by atoms with Gasteiger partial charge < -0.3 is 5.11 Å². The van der Waals surface area contributed by atoms with Crippen LogP contribution in [0.15, 0.2) is 12.3 Å². The van der Waals surface area contributed by atoms with E-state index < -0.39 is 26.1 Å². The zero-order valence-corrected chi connectivity index (χ0v) is 16.7. The van der Waals surface area contributed by atoms with Crippen LogP contribution in [0.5, 0.6) is 0 Å². The van der Waals surface area contributed by atoms with E-state index in [0.717, 1.165) is 20.0 Å². The van der Waals surface area contributed by atoms with E-state index in [1.807, 2.05) is 6.08 Å². The Labute approximate surface area is 126 Å². The molecule has 0 saturated carbocycles. The summed E-state index contributed by atoms with van der Waals surface area (Å²) in [5.74, 6) is 0. The third-order valence-corrected chi connectivity index (χ3v) is 6.43. The van der Waals surface area contributed by atoms with E-state index in [0.29, 0.717) is 4.75 Å². The Kier molecular flexibility index (Phi) is 31.4. The fourth-order valence-electron chi connectivity index (χ4n) is 0.762. The molecule has 0 aromatic rings. The number of methoxy groups -OCH3 is 1. The topological polar surface area (TPSA) is 29.5 Å². The Balaban J connectivity index is -0.000000289. The molecular weight excluding hydrogens is 415 g/mol. The van der Waals surface area contributed by atoms with Gasteiger partial charge in [0.25, 0.3) is 0 Å². The molecule has 1 atom stereocenters. The maximum atomic E-state index is 7.00. The van der Waals surface area contributed by atoms with Crippen LogP contribution in [0.2, 0.25) is 4.75 Å². The molecule has 1 N–H and O–H groups in total. The van der Waals surface area contributed by atoms with Gasteiger partial charge in [-0.3, -0.25) is 0 Å². The van der Waals surface area contributed by atoms with Crippen molar-refractivity contribution in [3.05, 3.63) is 12.3 Å². The summed E-state index contributed by atoms with van der Waals surface area (Å²) in [6, 6.07) is 0. The van der Waals surface area contributed by atoms with Gasteiger partial charge in [-0.15, -0.1) is 0 Å². The Morgan fingerprint density at radius 3 is 2.06 bits per heavy atom. The standard InChI is InChI=1S/C7H13Cl2GeO.CH4O.Cl2Ge/c1-3-4-7(10(8)9)5-6-11-2;1-2;1-3-2/h5-7H,3-4H2,1-2H3;2H,1H3;/b6-5-;;. The predicted octanol–water partition coefficient (Wildman–Crippen LogP) is 3.89. The van der Waals surface area contributed by atoms with Gasteiger partial charge in [-0.2, -0.15) is 0 Å². The van der Waals surface area contributed by atoms with Crippen molar-refractivity contribution in [3.63, 3.8) is 0 Å². The Bertz CT molecular complexity index is 139. The third-order valence-electron chi connectivity index (χ3n) is 1.33. The molecule has 0 aliphatic rings. The second kappa shape index (κ2) is 22.0. The third kappa shape index (κ3) is 21.1. The number of allylic oxidation sites excluding steroid dienone is 1. The van der Waals surface area contributed by atoms with Crippen LogP contribution in [0, 0.1) is 0 Å². The summed E-state index contributed by atoms with van der Waals surface area (Å²) in [5.41, 5.74) is 0. The van der Waals surface area contributed by atoms with Crippen LogP contribution in [0.4, 0.5) is 0 Å². The monoisotopic (exact) mass is 433 g/mol. The summed E-state index contributed by atoms with van der Waals surface area (Å²) in [6.45, 7) is 2.13. The van der Waals surface area contributed by atoms with Crippen LogP contribution in [-0.4, -0.2) is 45.4 Å². The summed E-state index contributed by atoms with van der Waals surface area (Å²) in [7, 11) is 24.2. The Hall–Kier alpha value is 1.75. The van der Waals surface area contributed by atoms with Crippen molar-refractivity contribution in [3.8, 4) is 0 Å². The first kappa shape index (κ1) is 22.9. The van der Waals surface area contributed by atoms with Gasteiger partial charge in [-0.05, 0) is 0 Å². The van der Waals surface area contributed by atoms with E-state index in [-0.39, 0.29) is 0 Å². The first-order valence-corrected chi connectivity index (χ1v) is 16.7. The average molecular weight is 432 g/mol. The molecule has 16 heavy (non-hydrogen) atoms. The number of aliphatic hydroxyl groups is 1. The molecule has 1 unspecified atom stereocenters. The second-order valence-electron chi connectivity index (χ2n) is 2.32. The van der Waals surface area contributed by atoms with Crippen LogP contribution >= 0.6 is 40.0 Å². The summed E-state index contributed by atoms with van der Waals surface area (Å²) in [5, 5.41) is 7.00. The molecule has 0 spiro atoms. The molecule has 0 aliphatic heterocycles. The first-order valence-electron chi connectivity index (χ1n) is 4.42. The van der Waals surface area contributed by atoms with Crippen molar-refractivity contribution < 1.29 is 9.84 Å². The number of hydrogen-bond donors (Lipinski definition) is 1. The minimum absolute atomic E-state index is 0.378. The second-order valence-corrected chi connectivity index (χ2v) is 13.6. The van der Waals surface area contributed by atoms with Crippen LogP contribution in [-0.2, 0) is 4.74 Å². The van der Waals surface area contributed by atoms with Crippen molar-refractivity contribution >= 4 is 66.1 Å². The van der Waals surface area contributed by atoms with Crippen molar-refractivity contribution in [2.75, 3.05) is 14.2 Å². The SMILES string of the molecule is CCC[CH](/C=C\OC)[Ge]([Cl])[Cl].CO.[Cl][Ge][Cl]. The zero-order valence-electron chi connectivity index (χ0n) is 9.51. The maximum absolute atomic E-state index is 7.00. The van der Waals surface area contributed by atoms with Crippen LogP contribution in [0.25, 0.3) is 0 Å². The molecule has 0 aromatic carbocycles. The molecule has 0 saturated heterocycles. The van der Waals surface area contributed by atoms with Gasteiger partial charge >= 0.3 is 115 Å². The van der Waals surface area contributed by atoms with Gasteiger partial charge in [0.15, 0.2) is 0 Å². The predicted molar refractivity (Wildman–Crippen MR) is 77.9 cm³/mol. The molecule has 0 bridgehead atoms. The van der Waals surface area contributed by atoms with Gasteiger partial charge in [0.05, 0.1) is 0 Å². The molecular formula is C8H17Cl4Ge2O2. The number of hydrogen-bond acceptors (Lipinski definition) is 2. The summed E-state index contributed by atoms with van der Waals surface area (Å²) in [6.07, 6.45) is 5.83. The molecule has 0 rings (SSSR count). The number of ether oxygens (including phenoxy) is 1. The molecule has 8 heteroatoms. The molecule has 2 nitrogen and oxygen atoms in total. The molecule has 0 aliphatic carbocycles. The molecule has 0 fully saturated rings. The van der Waals surface area contributed by atoms with Gasteiger partial charge in [-0.1, -0.05) is 0 Å². The van der Waals surface area contributed by atoms with Crippen molar-refractivity contribution in [1.29, 1.82) is 0 Å². The summed E-state index contributed by atoms with van der Waals surface area (Å²) >= 11 is -2.36. The Morgan fingerprint density at radius 2 is 1.81 bits per heavy atom. The van der Waals surface area contributed by atoms with Crippen LogP contribution in [0.3, 0.4) is 0 Å². The summed E-state index contributed by atoms with van der Waals surface area (Å²) < 4.78 is 5.18. The number of aliphatic hydroxyl groups excluding tert-OH is 1. The molecule has 0 aromatic heterocycles.